The summed E-state index contributed by atoms with van der Waals surface area (Å²) < 4.78 is 1.30. The number of carbonyl (C=O) groups is 1. The number of halogens is 1. The smallest absolute Gasteiger partial charge is 0.262 e. The summed E-state index contributed by atoms with van der Waals surface area (Å²) in [5.74, 6) is 0.0968. The molecule has 0 spiro atoms. The Morgan fingerprint density at radius 2 is 2.10 bits per heavy atom. The largest absolute Gasteiger partial charge is 0.334 e. The molecule has 0 fully saturated rings. The molecule has 0 aliphatic heterocycles. The van der Waals surface area contributed by atoms with Crippen molar-refractivity contribution >= 4 is 50.0 Å². The number of fused-ring (bicyclic) bond motifs is 2. The van der Waals surface area contributed by atoms with Crippen molar-refractivity contribution in [3.8, 4) is 0 Å². The maximum Gasteiger partial charge on any atom is 0.262 e. The lowest BCUT2D eigenvalue weighted by Gasteiger charge is -2.22. The topological polar surface area (TPSA) is 101 Å². The van der Waals surface area contributed by atoms with Gasteiger partial charge >= 0.3 is 0 Å². The zero-order chi connectivity index (χ0) is 21.3. The van der Waals surface area contributed by atoms with Crippen LogP contribution in [-0.4, -0.2) is 36.9 Å². The predicted molar refractivity (Wildman–Crippen MR) is 117 cm³/mol. The van der Waals surface area contributed by atoms with Crippen molar-refractivity contribution in [2.45, 2.75) is 26.4 Å². The fraction of sp³-hybridized carbons (Fsp3) is 0.250. The number of benzene rings is 1. The van der Waals surface area contributed by atoms with Gasteiger partial charge in [-0.2, -0.15) is 0 Å². The molecule has 3 aromatic heterocycles. The molecule has 0 atom stereocenters. The van der Waals surface area contributed by atoms with Gasteiger partial charge in [-0.25, -0.2) is 9.97 Å². The molecule has 0 radical (unpaired) electrons. The Morgan fingerprint density at radius 3 is 2.90 bits per heavy atom. The number of hydrogen-bond acceptors (Lipinski definition) is 6. The number of rotatable bonds is 6. The lowest BCUT2D eigenvalue weighted by atomic mass is 10.2. The SMILES string of the molecule is CCCN(Cc1nc2cc(Cl)ccc2c(=O)[nH]1)C(=O)Cn1cnc2sccc2c1=O. The van der Waals surface area contributed by atoms with Gasteiger partial charge in [-0.15, -0.1) is 11.3 Å². The van der Waals surface area contributed by atoms with E-state index in [1.807, 2.05) is 6.92 Å². The number of thiophene rings is 1. The minimum atomic E-state index is -0.293. The number of hydrogen-bond donors (Lipinski definition) is 1. The van der Waals surface area contributed by atoms with Crippen LogP contribution in [0.1, 0.15) is 19.2 Å². The van der Waals surface area contributed by atoms with E-state index in [4.69, 9.17) is 11.6 Å². The van der Waals surface area contributed by atoms with Crippen LogP contribution in [0.4, 0.5) is 0 Å². The van der Waals surface area contributed by atoms with Crippen LogP contribution in [0.5, 0.6) is 0 Å². The van der Waals surface area contributed by atoms with Gasteiger partial charge in [0.25, 0.3) is 11.1 Å². The second-order valence-corrected chi connectivity index (χ2v) is 8.14. The zero-order valence-corrected chi connectivity index (χ0v) is 17.7. The third-order valence-electron chi connectivity index (χ3n) is 4.66. The third-order valence-corrected chi connectivity index (χ3v) is 5.72. The molecule has 0 aliphatic rings. The summed E-state index contributed by atoms with van der Waals surface area (Å²) in [7, 11) is 0. The maximum atomic E-state index is 12.9. The van der Waals surface area contributed by atoms with Crippen LogP contribution in [0.3, 0.4) is 0 Å². The summed E-state index contributed by atoms with van der Waals surface area (Å²) in [6.45, 7) is 2.38. The molecule has 0 unspecified atom stereocenters. The van der Waals surface area contributed by atoms with Crippen molar-refractivity contribution in [1.29, 1.82) is 0 Å². The van der Waals surface area contributed by atoms with E-state index in [2.05, 4.69) is 15.0 Å². The number of aromatic nitrogens is 4. The van der Waals surface area contributed by atoms with Gasteiger partial charge in [-0.3, -0.25) is 19.0 Å². The van der Waals surface area contributed by atoms with Crippen molar-refractivity contribution in [1.82, 2.24) is 24.4 Å². The molecule has 154 valence electrons. The van der Waals surface area contributed by atoms with Crippen molar-refractivity contribution in [3.05, 3.63) is 67.5 Å². The van der Waals surface area contributed by atoms with E-state index in [1.165, 1.54) is 22.2 Å². The lowest BCUT2D eigenvalue weighted by molar-refractivity contribution is -0.132. The molecule has 4 rings (SSSR count). The molecule has 1 aromatic carbocycles. The molecule has 0 saturated carbocycles. The Bertz CT molecular complexity index is 1360. The maximum absolute atomic E-state index is 12.9. The Kier molecular flexibility index (Phi) is 5.65. The summed E-state index contributed by atoms with van der Waals surface area (Å²) in [5, 5.41) is 3.19. The summed E-state index contributed by atoms with van der Waals surface area (Å²) >= 11 is 7.39. The van der Waals surface area contributed by atoms with Crippen molar-refractivity contribution in [2.24, 2.45) is 0 Å². The molecule has 8 nitrogen and oxygen atoms in total. The van der Waals surface area contributed by atoms with E-state index < -0.39 is 0 Å². The van der Waals surface area contributed by atoms with Crippen LogP contribution >= 0.6 is 22.9 Å². The lowest BCUT2D eigenvalue weighted by Crippen LogP contribution is -2.37. The van der Waals surface area contributed by atoms with Crippen molar-refractivity contribution in [2.75, 3.05) is 6.54 Å². The van der Waals surface area contributed by atoms with Gasteiger partial charge in [0.15, 0.2) is 0 Å². The molecule has 1 amide bonds. The highest BCUT2D eigenvalue weighted by Crippen LogP contribution is 2.16. The van der Waals surface area contributed by atoms with Gasteiger partial charge < -0.3 is 9.88 Å². The van der Waals surface area contributed by atoms with Crippen LogP contribution in [0.25, 0.3) is 21.1 Å². The summed E-state index contributed by atoms with van der Waals surface area (Å²) in [6.07, 6.45) is 2.10. The molecule has 4 aromatic rings. The molecule has 30 heavy (non-hydrogen) atoms. The van der Waals surface area contributed by atoms with E-state index in [0.29, 0.717) is 44.9 Å². The number of carbonyl (C=O) groups excluding carboxylic acids is 1. The van der Waals surface area contributed by atoms with Crippen molar-refractivity contribution in [3.63, 3.8) is 0 Å². The average Bonchev–Trinajstić information content (AvgIpc) is 3.19. The summed E-state index contributed by atoms with van der Waals surface area (Å²) in [5.41, 5.74) is -0.0784. The average molecular weight is 444 g/mol. The monoisotopic (exact) mass is 443 g/mol. The van der Waals surface area contributed by atoms with Gasteiger partial charge in [0.05, 0.1) is 29.2 Å². The van der Waals surface area contributed by atoms with Crippen LogP contribution < -0.4 is 11.1 Å². The summed E-state index contributed by atoms with van der Waals surface area (Å²) in [4.78, 5) is 51.5. The predicted octanol–water partition coefficient (Wildman–Crippen LogP) is 2.79. The normalized spacial score (nSPS) is 11.3. The van der Waals surface area contributed by atoms with Gasteiger partial charge in [-0.05, 0) is 36.1 Å². The van der Waals surface area contributed by atoms with E-state index in [9.17, 15) is 14.4 Å². The molecule has 10 heteroatoms. The van der Waals surface area contributed by atoms with Crippen LogP contribution in [0.15, 0.2) is 45.6 Å². The molecule has 0 aliphatic carbocycles. The van der Waals surface area contributed by atoms with E-state index in [-0.39, 0.29) is 30.1 Å². The fourth-order valence-corrected chi connectivity index (χ4v) is 4.12. The number of H-pyrrole nitrogens is 1. The Balaban J connectivity index is 1.61. The minimum Gasteiger partial charge on any atom is -0.334 e. The Labute approximate surface area is 179 Å². The Hall–Kier alpha value is -3.04. The second-order valence-electron chi connectivity index (χ2n) is 6.81. The molecular formula is C20H18ClN5O3S. The fourth-order valence-electron chi connectivity index (χ4n) is 3.23. The van der Waals surface area contributed by atoms with E-state index in [1.54, 1.807) is 34.5 Å². The molecular weight excluding hydrogens is 426 g/mol. The summed E-state index contributed by atoms with van der Waals surface area (Å²) in [6, 6.07) is 6.56. The van der Waals surface area contributed by atoms with Crippen molar-refractivity contribution < 1.29 is 4.79 Å². The quantitative estimate of drug-likeness (QED) is 0.493. The highest BCUT2D eigenvalue weighted by atomic mass is 35.5. The van der Waals surface area contributed by atoms with Gasteiger partial charge in [0, 0.05) is 11.6 Å². The second kappa shape index (κ2) is 8.37. The molecule has 0 saturated heterocycles. The standard InChI is InChI=1S/C20H18ClN5O3S/c1-2-6-25(9-16-23-15-8-12(21)3-4-13(15)18(28)24-16)17(27)10-26-11-22-19-14(20(26)29)5-7-30-19/h3-5,7-8,11H,2,6,9-10H2,1H3,(H,23,24,28). The third kappa shape index (κ3) is 3.99. The molecule has 1 N–H and O–H groups in total. The first-order valence-electron chi connectivity index (χ1n) is 9.35. The number of nitrogens with one attached hydrogen (secondary N) is 1. The molecule has 3 heterocycles. The van der Waals surface area contributed by atoms with Gasteiger partial charge in [0.2, 0.25) is 5.91 Å². The first-order chi connectivity index (χ1) is 14.5. The van der Waals surface area contributed by atoms with Crippen LogP contribution in [0, 0.1) is 0 Å². The van der Waals surface area contributed by atoms with Crippen LogP contribution in [0.2, 0.25) is 5.02 Å². The number of amides is 1. The van der Waals surface area contributed by atoms with Gasteiger partial charge in [-0.1, -0.05) is 18.5 Å². The zero-order valence-electron chi connectivity index (χ0n) is 16.1. The molecule has 0 bridgehead atoms. The van der Waals surface area contributed by atoms with E-state index in [0.717, 1.165) is 0 Å². The first kappa shape index (κ1) is 20.2. The Morgan fingerprint density at radius 1 is 1.27 bits per heavy atom. The number of nitrogens with zero attached hydrogens (tertiary/aromatic N) is 4. The van der Waals surface area contributed by atoms with Crippen LogP contribution in [-0.2, 0) is 17.9 Å². The minimum absolute atomic E-state index is 0.118. The number of aromatic amines is 1. The highest BCUT2D eigenvalue weighted by molar-refractivity contribution is 7.16. The first-order valence-corrected chi connectivity index (χ1v) is 10.6. The van der Waals surface area contributed by atoms with E-state index >= 15 is 0 Å². The van der Waals surface area contributed by atoms with Gasteiger partial charge in [0.1, 0.15) is 17.2 Å². The highest BCUT2D eigenvalue weighted by Gasteiger charge is 2.17.